The van der Waals surface area contributed by atoms with E-state index in [1.165, 1.54) is 0 Å². The highest BCUT2D eigenvalue weighted by Gasteiger charge is 1.81. The molecule has 0 aliphatic carbocycles. The van der Waals surface area contributed by atoms with Gasteiger partial charge in [-0.3, -0.25) is 0 Å². The third-order valence-corrected chi connectivity index (χ3v) is 0.842. The van der Waals surface area contributed by atoms with Gasteiger partial charge >= 0.3 is 0 Å². The Labute approximate surface area is 61.7 Å². The Kier molecular flexibility index (Phi) is 5.25. The van der Waals surface area contributed by atoms with E-state index < -0.39 is 0 Å². The summed E-state index contributed by atoms with van der Waals surface area (Å²) in [7, 11) is 1.64. The molecule has 0 atom stereocenters. The molecule has 0 heterocycles. The van der Waals surface area contributed by atoms with Gasteiger partial charge in [-0.05, 0) is 19.1 Å². The first-order valence-corrected chi connectivity index (χ1v) is 3.10. The maximum Gasteiger partial charge on any atom is 0.0848 e. The molecule has 0 N–H and O–H groups in total. The number of hydrogen-bond donors (Lipinski definition) is 0. The van der Waals surface area contributed by atoms with Gasteiger partial charge in [-0.15, -0.1) is 0 Å². The molecule has 0 fully saturated rings. The van der Waals surface area contributed by atoms with Gasteiger partial charge in [0.1, 0.15) is 0 Å². The molecule has 0 unspecified atom stereocenters. The zero-order valence-electron chi connectivity index (χ0n) is 6.41. The highest BCUT2D eigenvalue weighted by molar-refractivity contribution is 5.20. The monoisotopic (exact) mass is 136 g/mol. The molecule has 0 saturated heterocycles. The molecule has 0 bridgehead atoms. The van der Waals surface area contributed by atoms with Crippen LogP contribution >= 0.6 is 0 Å². The van der Waals surface area contributed by atoms with Crippen LogP contribution in [-0.2, 0) is 0 Å². The maximum atomic E-state index is 3.83. The van der Waals surface area contributed by atoms with Crippen molar-refractivity contribution in [3.63, 3.8) is 0 Å². The van der Waals surface area contributed by atoms with Crippen LogP contribution in [0.15, 0.2) is 46.8 Å². The normalized spacial score (nSPS) is 13.2. The summed E-state index contributed by atoms with van der Waals surface area (Å²) in [4.78, 5) is 0. The number of azo groups is 1. The third-order valence-electron chi connectivity index (χ3n) is 0.842. The predicted molar refractivity (Wildman–Crippen MR) is 43.9 cm³/mol. The fourth-order valence-corrected chi connectivity index (χ4v) is 0.529. The smallest absolute Gasteiger partial charge is 0.0848 e. The molecule has 0 aliphatic heterocycles. The average Bonchev–Trinajstić information content (AvgIpc) is 1.90. The molecule has 0 rings (SSSR count). The Morgan fingerprint density at radius 2 is 2.20 bits per heavy atom. The number of nitrogens with zero attached hydrogens (tertiary/aromatic N) is 2. The van der Waals surface area contributed by atoms with E-state index in [1.807, 2.05) is 19.1 Å². The van der Waals surface area contributed by atoms with E-state index in [-0.39, 0.29) is 0 Å². The van der Waals surface area contributed by atoms with Gasteiger partial charge in [-0.2, -0.15) is 10.2 Å². The lowest BCUT2D eigenvalue weighted by atomic mass is 10.3. The quantitative estimate of drug-likeness (QED) is 0.421. The van der Waals surface area contributed by atoms with E-state index in [0.717, 1.165) is 5.70 Å². The van der Waals surface area contributed by atoms with Crippen LogP contribution in [0.3, 0.4) is 0 Å². The molecule has 54 valence electrons. The minimum Gasteiger partial charge on any atom is -0.192 e. The van der Waals surface area contributed by atoms with Crippen molar-refractivity contribution >= 4 is 0 Å². The molecule has 2 nitrogen and oxygen atoms in total. The minimum atomic E-state index is 0.819. The highest BCUT2D eigenvalue weighted by Crippen LogP contribution is 1.98. The molecule has 2 heteroatoms. The Morgan fingerprint density at radius 1 is 1.50 bits per heavy atom. The first kappa shape index (κ1) is 8.82. The van der Waals surface area contributed by atoms with Gasteiger partial charge in [0.15, 0.2) is 0 Å². The van der Waals surface area contributed by atoms with E-state index in [9.17, 15) is 0 Å². The van der Waals surface area contributed by atoms with E-state index >= 15 is 0 Å². The second-order valence-corrected chi connectivity index (χ2v) is 1.63. The van der Waals surface area contributed by atoms with Crippen molar-refractivity contribution in [2.75, 3.05) is 7.05 Å². The van der Waals surface area contributed by atoms with Crippen molar-refractivity contribution in [3.05, 3.63) is 36.6 Å². The van der Waals surface area contributed by atoms with Gasteiger partial charge in [-0.25, -0.2) is 0 Å². The van der Waals surface area contributed by atoms with Crippen LogP contribution in [-0.4, -0.2) is 7.05 Å². The molecular formula is C8H12N2. The summed E-state index contributed by atoms with van der Waals surface area (Å²) in [5.41, 5.74) is 0.819. The van der Waals surface area contributed by atoms with Crippen molar-refractivity contribution in [1.29, 1.82) is 0 Å². The Morgan fingerprint density at radius 3 is 2.60 bits per heavy atom. The van der Waals surface area contributed by atoms with E-state index in [0.29, 0.717) is 0 Å². The summed E-state index contributed by atoms with van der Waals surface area (Å²) in [5, 5.41) is 7.46. The zero-order valence-corrected chi connectivity index (χ0v) is 6.41. The van der Waals surface area contributed by atoms with Crippen LogP contribution in [0.1, 0.15) is 6.92 Å². The van der Waals surface area contributed by atoms with Crippen LogP contribution in [0.2, 0.25) is 0 Å². The Hall–Kier alpha value is -1.18. The summed E-state index contributed by atoms with van der Waals surface area (Å²) in [6.07, 6.45) is 7.26. The molecule has 0 radical (unpaired) electrons. The summed E-state index contributed by atoms with van der Waals surface area (Å²) < 4.78 is 0. The van der Waals surface area contributed by atoms with Crippen LogP contribution in [0.5, 0.6) is 0 Å². The largest absolute Gasteiger partial charge is 0.192 e. The molecule has 0 aromatic rings. The number of rotatable bonds is 3. The summed E-state index contributed by atoms with van der Waals surface area (Å²) in [5.74, 6) is 0. The molecule has 10 heavy (non-hydrogen) atoms. The SMILES string of the molecule is C=C/C=C(\C=C/C)/N=N\C. The van der Waals surface area contributed by atoms with Gasteiger partial charge < -0.3 is 0 Å². The Balaban J connectivity index is 4.25. The molecule has 0 aromatic heterocycles. The predicted octanol–water partition coefficient (Wildman–Crippen LogP) is 2.71. The minimum absolute atomic E-state index is 0.819. The Bertz CT molecular complexity index is 162. The van der Waals surface area contributed by atoms with Crippen LogP contribution in [0, 0.1) is 0 Å². The van der Waals surface area contributed by atoms with Crippen molar-refractivity contribution in [1.82, 2.24) is 0 Å². The first-order valence-electron chi connectivity index (χ1n) is 3.10. The zero-order chi connectivity index (χ0) is 7.82. The second-order valence-electron chi connectivity index (χ2n) is 1.63. The van der Waals surface area contributed by atoms with Crippen LogP contribution in [0.4, 0.5) is 0 Å². The van der Waals surface area contributed by atoms with Crippen molar-refractivity contribution < 1.29 is 0 Å². The second kappa shape index (κ2) is 5.95. The molecule has 0 amide bonds. The lowest BCUT2D eigenvalue weighted by Crippen LogP contribution is -1.67. The molecule has 0 aliphatic rings. The van der Waals surface area contributed by atoms with E-state index in [2.05, 4.69) is 16.8 Å². The van der Waals surface area contributed by atoms with Crippen LogP contribution in [0.25, 0.3) is 0 Å². The van der Waals surface area contributed by atoms with Crippen LogP contribution < -0.4 is 0 Å². The summed E-state index contributed by atoms with van der Waals surface area (Å²) in [6, 6.07) is 0. The number of hydrogen-bond acceptors (Lipinski definition) is 2. The first-order chi connectivity index (χ1) is 4.85. The van der Waals surface area contributed by atoms with Gasteiger partial charge in [-0.1, -0.05) is 18.7 Å². The number of allylic oxidation sites excluding steroid dienone is 4. The maximum absolute atomic E-state index is 3.83. The molecular weight excluding hydrogens is 124 g/mol. The fourth-order valence-electron chi connectivity index (χ4n) is 0.529. The summed E-state index contributed by atoms with van der Waals surface area (Å²) in [6.45, 7) is 5.49. The van der Waals surface area contributed by atoms with E-state index in [1.54, 1.807) is 19.2 Å². The molecule has 0 spiro atoms. The van der Waals surface area contributed by atoms with Gasteiger partial charge in [0, 0.05) is 7.05 Å². The third kappa shape index (κ3) is 3.78. The average molecular weight is 136 g/mol. The van der Waals surface area contributed by atoms with Gasteiger partial charge in [0.25, 0.3) is 0 Å². The standard InChI is InChI=1S/C8H12N2/c1-4-6-8(7-5-2)10-9-3/h4-7H,1H2,2-3H3/b7-5-,8-6+,10-9-. The lowest BCUT2D eigenvalue weighted by Gasteiger charge is -1.85. The fraction of sp³-hybridized carbons (Fsp3) is 0.250. The van der Waals surface area contributed by atoms with Crippen molar-refractivity contribution in [2.24, 2.45) is 10.2 Å². The van der Waals surface area contributed by atoms with E-state index in [4.69, 9.17) is 0 Å². The van der Waals surface area contributed by atoms with Gasteiger partial charge in [0.05, 0.1) is 5.70 Å². The van der Waals surface area contributed by atoms with Crippen molar-refractivity contribution in [2.45, 2.75) is 6.92 Å². The topological polar surface area (TPSA) is 24.7 Å². The van der Waals surface area contributed by atoms with Gasteiger partial charge in [0.2, 0.25) is 0 Å². The summed E-state index contributed by atoms with van der Waals surface area (Å²) >= 11 is 0. The highest BCUT2D eigenvalue weighted by atomic mass is 15.1. The molecule has 0 saturated carbocycles. The lowest BCUT2D eigenvalue weighted by molar-refractivity contribution is 1.12. The molecule has 0 aromatic carbocycles. The van der Waals surface area contributed by atoms with Crippen molar-refractivity contribution in [3.8, 4) is 0 Å².